The van der Waals surface area contributed by atoms with E-state index in [9.17, 15) is 4.79 Å². The number of para-hydroxylation sites is 1. The molecule has 3 rings (SSSR count). The first-order chi connectivity index (χ1) is 13.4. The predicted molar refractivity (Wildman–Crippen MR) is 117 cm³/mol. The number of carbonyl (C=O) groups is 1. The molecule has 1 unspecified atom stereocenters. The number of halogens is 1. The number of ether oxygens (including phenoxy) is 2. The lowest BCUT2D eigenvalue weighted by Crippen LogP contribution is -2.45. The minimum Gasteiger partial charge on any atom is -0.493 e. The topological polar surface area (TPSA) is 71.6 Å². The van der Waals surface area contributed by atoms with Gasteiger partial charge in [0.25, 0.3) is 5.91 Å². The van der Waals surface area contributed by atoms with E-state index in [4.69, 9.17) is 21.7 Å². The van der Waals surface area contributed by atoms with Gasteiger partial charge < -0.3 is 25.4 Å². The maximum absolute atomic E-state index is 13.1. The summed E-state index contributed by atoms with van der Waals surface area (Å²) >= 11 is 8.83. The Hall–Kier alpha value is -2.58. The van der Waals surface area contributed by atoms with Crippen molar-refractivity contribution in [3.05, 3.63) is 63.8 Å². The fourth-order valence-corrected chi connectivity index (χ4v) is 3.85. The molecule has 146 valence electrons. The number of allylic oxidation sites excluding steroid dienone is 1. The van der Waals surface area contributed by atoms with Crippen LogP contribution in [0.15, 0.2) is 58.2 Å². The molecule has 3 N–H and O–H groups in total. The van der Waals surface area contributed by atoms with Crippen LogP contribution in [0.1, 0.15) is 18.5 Å². The van der Waals surface area contributed by atoms with Crippen molar-refractivity contribution in [1.29, 1.82) is 0 Å². The number of carbonyl (C=O) groups excluding carboxylic acids is 1. The average Bonchev–Trinajstić information content (AvgIpc) is 2.67. The number of hydrogen-bond acceptors (Lipinski definition) is 4. The average molecular weight is 462 g/mol. The molecular formula is C20H20BrN3O3S. The van der Waals surface area contributed by atoms with Crippen molar-refractivity contribution >= 4 is 44.9 Å². The summed E-state index contributed by atoms with van der Waals surface area (Å²) in [4.78, 5) is 13.1. The molecule has 6 nitrogen and oxygen atoms in total. The zero-order valence-corrected chi connectivity index (χ0v) is 18.0. The molecule has 0 spiro atoms. The Balaban J connectivity index is 2.08. The van der Waals surface area contributed by atoms with Crippen LogP contribution in [0.2, 0.25) is 0 Å². The van der Waals surface area contributed by atoms with Crippen molar-refractivity contribution in [3.8, 4) is 11.5 Å². The number of thiocarbonyl (C=S) groups is 1. The van der Waals surface area contributed by atoms with Crippen molar-refractivity contribution in [3.63, 3.8) is 0 Å². The molecule has 0 bridgehead atoms. The molecule has 1 atom stereocenters. The Morgan fingerprint density at radius 1 is 1.18 bits per heavy atom. The van der Waals surface area contributed by atoms with Crippen molar-refractivity contribution < 1.29 is 14.3 Å². The lowest BCUT2D eigenvalue weighted by molar-refractivity contribution is -0.113. The third-order valence-corrected chi connectivity index (χ3v) is 5.01. The Kier molecular flexibility index (Phi) is 6.21. The molecule has 1 aliphatic heterocycles. The molecule has 0 fully saturated rings. The van der Waals surface area contributed by atoms with Gasteiger partial charge in [0.2, 0.25) is 0 Å². The maximum Gasteiger partial charge on any atom is 0.255 e. The van der Waals surface area contributed by atoms with E-state index < -0.39 is 6.04 Å². The molecule has 0 aromatic heterocycles. The molecule has 0 aliphatic carbocycles. The second-order valence-electron chi connectivity index (χ2n) is 6.12. The molecule has 28 heavy (non-hydrogen) atoms. The minimum atomic E-state index is -0.515. The minimum absolute atomic E-state index is 0.239. The fourth-order valence-electron chi connectivity index (χ4n) is 3.12. The van der Waals surface area contributed by atoms with Gasteiger partial charge in [0, 0.05) is 21.4 Å². The quantitative estimate of drug-likeness (QED) is 0.586. The molecule has 1 heterocycles. The van der Waals surface area contributed by atoms with Gasteiger partial charge in [0.05, 0.1) is 25.8 Å². The third kappa shape index (κ3) is 4.13. The second kappa shape index (κ2) is 8.62. The molecule has 0 radical (unpaired) electrons. The largest absolute Gasteiger partial charge is 0.493 e. The van der Waals surface area contributed by atoms with Gasteiger partial charge in [-0.15, -0.1) is 0 Å². The van der Waals surface area contributed by atoms with Crippen LogP contribution < -0.4 is 25.4 Å². The van der Waals surface area contributed by atoms with Crippen LogP contribution >= 0.6 is 28.1 Å². The second-order valence-corrected chi connectivity index (χ2v) is 7.44. The normalized spacial score (nSPS) is 16.1. The summed E-state index contributed by atoms with van der Waals surface area (Å²) < 4.78 is 11.8. The highest BCUT2D eigenvalue weighted by atomic mass is 79.9. The molecule has 1 aliphatic rings. The Morgan fingerprint density at radius 2 is 1.89 bits per heavy atom. The first kappa shape index (κ1) is 20.2. The third-order valence-electron chi connectivity index (χ3n) is 4.33. The number of benzene rings is 2. The number of methoxy groups -OCH3 is 2. The summed E-state index contributed by atoms with van der Waals surface area (Å²) in [5, 5.41) is 9.57. The van der Waals surface area contributed by atoms with Gasteiger partial charge in [0.1, 0.15) is 0 Å². The van der Waals surface area contributed by atoms with Gasteiger partial charge in [-0.1, -0.05) is 34.1 Å². The molecule has 0 saturated heterocycles. The van der Waals surface area contributed by atoms with E-state index >= 15 is 0 Å². The molecule has 0 saturated carbocycles. The van der Waals surface area contributed by atoms with Crippen molar-refractivity contribution in [2.24, 2.45) is 0 Å². The van der Waals surface area contributed by atoms with Gasteiger partial charge in [-0.3, -0.25) is 4.79 Å². The van der Waals surface area contributed by atoms with E-state index in [1.165, 1.54) is 0 Å². The first-order valence-electron chi connectivity index (χ1n) is 8.50. The van der Waals surface area contributed by atoms with Crippen LogP contribution in [0.25, 0.3) is 0 Å². The summed E-state index contributed by atoms with van der Waals surface area (Å²) in [6, 6.07) is 12.5. The summed E-state index contributed by atoms with van der Waals surface area (Å²) in [6.07, 6.45) is 0. The van der Waals surface area contributed by atoms with E-state index in [0.717, 1.165) is 10.0 Å². The van der Waals surface area contributed by atoms with Crippen molar-refractivity contribution in [1.82, 2.24) is 10.6 Å². The number of amides is 1. The van der Waals surface area contributed by atoms with E-state index in [-0.39, 0.29) is 5.91 Å². The lowest BCUT2D eigenvalue weighted by Gasteiger charge is -2.31. The maximum atomic E-state index is 13.1. The molecule has 2 aromatic rings. The number of anilines is 1. The smallest absolute Gasteiger partial charge is 0.255 e. The number of nitrogens with one attached hydrogen (secondary N) is 3. The Bertz CT molecular complexity index is 947. The summed E-state index contributed by atoms with van der Waals surface area (Å²) in [5.74, 6) is 0.849. The van der Waals surface area contributed by atoms with Crippen LogP contribution in [0, 0.1) is 0 Å². The van der Waals surface area contributed by atoms with Gasteiger partial charge in [-0.2, -0.15) is 0 Å². The number of rotatable bonds is 5. The van der Waals surface area contributed by atoms with Gasteiger partial charge in [-0.25, -0.2) is 0 Å². The zero-order valence-electron chi connectivity index (χ0n) is 15.6. The zero-order chi connectivity index (χ0) is 20.3. The van der Waals surface area contributed by atoms with Crippen molar-refractivity contribution in [2.45, 2.75) is 13.0 Å². The number of hydrogen-bond donors (Lipinski definition) is 3. The summed E-state index contributed by atoms with van der Waals surface area (Å²) in [5.41, 5.74) is 2.62. The standard InChI is InChI=1S/C20H20BrN3O3S/c1-11-16(19(25)23-13-7-5-4-6-8-13)17(24-20(28)22-11)14-9-12(21)10-15(26-2)18(14)27-3/h4-10,17H,1-3H3,(H,23,25)(H2,22,24,28). The molecular weight excluding hydrogens is 442 g/mol. The van der Waals surface area contributed by atoms with Gasteiger partial charge in [-0.05, 0) is 43.4 Å². The SMILES string of the molecule is COc1cc(Br)cc(C2NC(=S)NC(C)=C2C(=O)Nc2ccccc2)c1OC. The summed E-state index contributed by atoms with van der Waals surface area (Å²) in [6.45, 7) is 1.82. The van der Waals surface area contributed by atoms with E-state index in [2.05, 4.69) is 31.9 Å². The fraction of sp³-hybridized carbons (Fsp3) is 0.200. The van der Waals surface area contributed by atoms with Crippen LogP contribution in [0.5, 0.6) is 11.5 Å². The monoisotopic (exact) mass is 461 g/mol. The molecule has 1 amide bonds. The van der Waals surface area contributed by atoms with E-state index in [1.807, 2.05) is 49.4 Å². The predicted octanol–water partition coefficient (Wildman–Crippen LogP) is 3.90. The van der Waals surface area contributed by atoms with Gasteiger partial charge >= 0.3 is 0 Å². The lowest BCUT2D eigenvalue weighted by atomic mass is 9.93. The Labute approximate surface area is 177 Å². The highest BCUT2D eigenvalue weighted by molar-refractivity contribution is 9.10. The summed E-state index contributed by atoms with van der Waals surface area (Å²) in [7, 11) is 3.13. The highest BCUT2D eigenvalue weighted by Crippen LogP contribution is 2.41. The first-order valence-corrected chi connectivity index (χ1v) is 9.70. The Morgan fingerprint density at radius 3 is 2.54 bits per heavy atom. The van der Waals surface area contributed by atoms with Crippen LogP contribution in [0.3, 0.4) is 0 Å². The highest BCUT2D eigenvalue weighted by Gasteiger charge is 2.33. The molecule has 2 aromatic carbocycles. The molecule has 8 heteroatoms. The van der Waals surface area contributed by atoms with Gasteiger partial charge in [0.15, 0.2) is 16.6 Å². The van der Waals surface area contributed by atoms with Crippen LogP contribution in [-0.4, -0.2) is 25.2 Å². The van der Waals surface area contributed by atoms with E-state index in [0.29, 0.717) is 33.6 Å². The van der Waals surface area contributed by atoms with E-state index in [1.54, 1.807) is 14.2 Å². The van der Waals surface area contributed by atoms with Crippen LogP contribution in [-0.2, 0) is 4.79 Å². The van der Waals surface area contributed by atoms with Crippen molar-refractivity contribution in [2.75, 3.05) is 19.5 Å². The van der Waals surface area contributed by atoms with Crippen LogP contribution in [0.4, 0.5) is 5.69 Å².